The molecule has 2 heterocycles. The Labute approximate surface area is 299 Å². The van der Waals surface area contributed by atoms with Crippen molar-refractivity contribution in [1.82, 2.24) is 15.0 Å². The van der Waals surface area contributed by atoms with E-state index in [0.717, 1.165) is 22.3 Å². The van der Waals surface area contributed by atoms with Gasteiger partial charge in [0.05, 0.1) is 20.6 Å². The summed E-state index contributed by atoms with van der Waals surface area (Å²) in [4.78, 5) is 14.3. The minimum absolute atomic E-state index is 0.0861. The van der Waals surface area contributed by atoms with E-state index in [2.05, 4.69) is 36.4 Å². The molecule has 0 fully saturated rings. The van der Waals surface area contributed by atoms with Crippen LogP contribution in [0.2, 0.25) is 0 Å². The Kier molecular flexibility index (Phi) is 4.78. The summed E-state index contributed by atoms with van der Waals surface area (Å²) in [5.74, 6) is 0.381. The van der Waals surface area contributed by atoms with Gasteiger partial charge < -0.3 is 4.42 Å². The van der Waals surface area contributed by atoms with Crippen LogP contribution in [0.1, 0.15) is 15.1 Å². The van der Waals surface area contributed by atoms with E-state index in [1.807, 2.05) is 60.7 Å². The first-order valence-corrected chi connectivity index (χ1v) is 15.5. The van der Waals surface area contributed by atoms with Gasteiger partial charge in [0, 0.05) is 21.9 Å². The molecule has 49 heavy (non-hydrogen) atoms. The van der Waals surface area contributed by atoms with Crippen molar-refractivity contribution >= 4 is 21.9 Å². The van der Waals surface area contributed by atoms with Crippen LogP contribution in [0.15, 0.2) is 180 Å². The van der Waals surface area contributed by atoms with Gasteiger partial charge in [0.15, 0.2) is 17.5 Å². The summed E-state index contributed by atoms with van der Waals surface area (Å²) in [7, 11) is 0. The highest BCUT2D eigenvalue weighted by atomic mass is 16.3. The minimum atomic E-state index is -0.684. The maximum atomic E-state index is 9.29. The van der Waals surface area contributed by atoms with Gasteiger partial charge in [0.25, 0.3) is 0 Å². The number of fused-ring (bicyclic) bond motifs is 3. The molecule has 0 aliphatic heterocycles. The number of hydrogen-bond acceptors (Lipinski definition) is 4. The highest BCUT2D eigenvalue weighted by Gasteiger charge is 2.18. The lowest BCUT2D eigenvalue weighted by Gasteiger charge is -2.10. The van der Waals surface area contributed by atoms with Crippen LogP contribution in [0.4, 0.5) is 0 Å². The SMILES string of the molecule is [2H]c1c([2H])c([2H])c(-c2c([2H])c([2H])c3oc4c(-c5nc(-c6ccccc6)nc(-c6ccc(-c7ccc(-c8ccccc8)cc7)cc6)n5)c([2H])c([2H])c([2H])c4c3c2[2H])c([2H])c1[2H]. The number of benzene rings is 7. The first kappa shape index (κ1) is 19.2. The molecule has 0 radical (unpaired) electrons. The fraction of sp³-hybridized carbons (Fsp3) is 0. The van der Waals surface area contributed by atoms with Crippen LogP contribution >= 0.6 is 0 Å². The van der Waals surface area contributed by atoms with Crippen LogP contribution < -0.4 is 0 Å². The Morgan fingerprint density at radius 2 is 0.918 bits per heavy atom. The number of nitrogens with zero attached hydrogens (tertiary/aromatic N) is 3. The zero-order chi connectivity index (χ0) is 42.1. The van der Waals surface area contributed by atoms with Gasteiger partial charge in [0.1, 0.15) is 11.2 Å². The normalized spacial score (nSPS) is 14.4. The van der Waals surface area contributed by atoms with Gasteiger partial charge in [0.2, 0.25) is 0 Å². The van der Waals surface area contributed by atoms with Crippen LogP contribution in [0.25, 0.3) is 89.5 Å². The monoisotopic (exact) mass is 638 g/mol. The smallest absolute Gasteiger partial charge is 0.167 e. The van der Waals surface area contributed by atoms with Crippen LogP contribution in [-0.4, -0.2) is 15.0 Å². The Morgan fingerprint density at radius 3 is 1.55 bits per heavy atom. The molecule has 0 bridgehead atoms. The van der Waals surface area contributed by atoms with E-state index >= 15 is 0 Å². The summed E-state index contributed by atoms with van der Waals surface area (Å²) in [6, 6.07) is 28.4. The first-order valence-electron chi connectivity index (χ1n) is 21.0. The third kappa shape index (κ3) is 5.45. The van der Waals surface area contributed by atoms with Gasteiger partial charge in [-0.1, -0.05) is 158 Å². The van der Waals surface area contributed by atoms with Gasteiger partial charge in [-0.15, -0.1) is 0 Å². The van der Waals surface area contributed by atoms with Crippen molar-refractivity contribution in [3.8, 4) is 67.5 Å². The van der Waals surface area contributed by atoms with Crippen LogP contribution in [0.5, 0.6) is 0 Å². The van der Waals surface area contributed by atoms with E-state index in [9.17, 15) is 1.37 Å². The molecule has 0 unspecified atom stereocenters. The fourth-order valence-corrected chi connectivity index (χ4v) is 5.71. The molecular weight excluding hydrogens is 599 g/mol. The maximum Gasteiger partial charge on any atom is 0.167 e. The summed E-state index contributed by atoms with van der Waals surface area (Å²) < 4.78 is 102. The fourth-order valence-electron chi connectivity index (χ4n) is 5.71. The number of para-hydroxylation sites is 1. The maximum absolute atomic E-state index is 9.29. The molecule has 0 atom stereocenters. The summed E-state index contributed by atoms with van der Waals surface area (Å²) in [6.07, 6.45) is 0. The summed E-state index contributed by atoms with van der Waals surface area (Å²) in [6.45, 7) is 0. The molecule has 0 aliphatic carbocycles. The molecule has 230 valence electrons. The Bertz CT molecular complexity index is 3170. The van der Waals surface area contributed by atoms with Crippen molar-refractivity contribution in [1.29, 1.82) is 0 Å². The van der Waals surface area contributed by atoms with Crippen molar-refractivity contribution in [2.45, 2.75) is 0 Å². The minimum Gasteiger partial charge on any atom is -0.455 e. The highest BCUT2D eigenvalue weighted by Crippen LogP contribution is 2.37. The van der Waals surface area contributed by atoms with E-state index in [-0.39, 0.29) is 45.0 Å². The lowest BCUT2D eigenvalue weighted by molar-refractivity contribution is 0.669. The van der Waals surface area contributed by atoms with Crippen molar-refractivity contribution in [3.63, 3.8) is 0 Å². The number of aromatic nitrogens is 3. The molecule has 0 saturated heterocycles. The number of furan rings is 1. The van der Waals surface area contributed by atoms with E-state index < -0.39 is 77.6 Å². The Hall–Kier alpha value is -6.65. The molecule has 0 saturated carbocycles. The molecule has 9 rings (SSSR count). The zero-order valence-corrected chi connectivity index (χ0v) is 25.6. The third-order valence-corrected chi connectivity index (χ3v) is 8.17. The molecule has 0 spiro atoms. The van der Waals surface area contributed by atoms with Crippen molar-refractivity contribution in [2.24, 2.45) is 0 Å². The quantitative estimate of drug-likeness (QED) is 0.182. The molecule has 2 aromatic heterocycles. The molecule has 0 N–H and O–H groups in total. The van der Waals surface area contributed by atoms with Crippen LogP contribution in [0.3, 0.4) is 0 Å². The van der Waals surface area contributed by atoms with E-state index in [4.69, 9.17) is 33.1 Å². The van der Waals surface area contributed by atoms with Crippen molar-refractivity contribution in [3.05, 3.63) is 176 Å². The van der Waals surface area contributed by atoms with E-state index in [1.54, 1.807) is 12.1 Å². The topological polar surface area (TPSA) is 51.8 Å². The average Bonchev–Trinajstić information content (AvgIpc) is 3.69. The second-order valence-electron chi connectivity index (χ2n) is 11.2. The van der Waals surface area contributed by atoms with Gasteiger partial charge in [-0.25, -0.2) is 15.0 Å². The molecule has 0 amide bonds. The molecule has 9 aromatic rings. The lowest BCUT2D eigenvalue weighted by Crippen LogP contribution is -2.00. The Balaban J connectivity index is 1.24. The number of hydrogen-bond donors (Lipinski definition) is 0. The highest BCUT2D eigenvalue weighted by molar-refractivity contribution is 6.10. The molecule has 4 nitrogen and oxygen atoms in total. The van der Waals surface area contributed by atoms with Gasteiger partial charge >= 0.3 is 0 Å². The van der Waals surface area contributed by atoms with Gasteiger partial charge in [-0.2, -0.15) is 0 Å². The summed E-state index contributed by atoms with van der Waals surface area (Å²) in [5, 5.41) is -0.350. The first-order chi connectivity index (χ1) is 28.8. The average molecular weight is 639 g/mol. The molecule has 4 heteroatoms. The predicted molar refractivity (Wildman–Crippen MR) is 200 cm³/mol. The summed E-state index contributed by atoms with van der Waals surface area (Å²) in [5.41, 5.74) is 3.87. The standard InChI is InChI=1S/C45H29N3O/c1-4-11-30(12-5-1)32-19-21-33(22-20-32)34-23-25-36(26-24-34)44-46-43(35-15-8-3-9-16-35)47-45(48-44)39-18-10-17-38-40-29-37(31-13-6-2-7-14-31)27-28-41(40)49-42(38)39/h1-29H/i2D,6D,7D,10D,13D,14D,17D,18D,27D,28D,29D. The van der Waals surface area contributed by atoms with Crippen LogP contribution in [0, 0.1) is 0 Å². The Morgan fingerprint density at radius 1 is 0.388 bits per heavy atom. The second kappa shape index (κ2) is 12.2. The van der Waals surface area contributed by atoms with Crippen LogP contribution in [-0.2, 0) is 0 Å². The molecule has 0 aliphatic rings. The van der Waals surface area contributed by atoms with E-state index in [0.29, 0.717) is 11.1 Å². The lowest BCUT2D eigenvalue weighted by atomic mass is 9.99. The van der Waals surface area contributed by atoms with Crippen molar-refractivity contribution < 1.29 is 19.5 Å². The van der Waals surface area contributed by atoms with E-state index in [1.165, 1.54) is 0 Å². The van der Waals surface area contributed by atoms with Gasteiger partial charge in [-0.3, -0.25) is 0 Å². The van der Waals surface area contributed by atoms with Crippen molar-refractivity contribution in [2.75, 3.05) is 0 Å². The molecular formula is C45H29N3O. The predicted octanol–water partition coefficient (Wildman–Crippen LogP) is 11.8. The second-order valence-corrected chi connectivity index (χ2v) is 11.2. The number of rotatable bonds is 6. The summed E-state index contributed by atoms with van der Waals surface area (Å²) >= 11 is 0. The largest absolute Gasteiger partial charge is 0.455 e. The zero-order valence-electron chi connectivity index (χ0n) is 36.6. The third-order valence-electron chi connectivity index (χ3n) is 8.17. The molecule has 7 aromatic carbocycles. The van der Waals surface area contributed by atoms with Gasteiger partial charge in [-0.05, 0) is 51.5 Å².